The van der Waals surface area contributed by atoms with Gasteiger partial charge >= 0.3 is 0 Å². The lowest BCUT2D eigenvalue weighted by atomic mass is 10.1. The molecule has 0 bridgehead atoms. The van der Waals surface area contributed by atoms with E-state index in [0.717, 1.165) is 23.9 Å². The van der Waals surface area contributed by atoms with E-state index in [1.807, 2.05) is 0 Å². The molecule has 2 nitrogen and oxygen atoms in total. The topological polar surface area (TPSA) is 34.1 Å². The third-order valence-corrected chi connectivity index (χ3v) is 1.90. The van der Waals surface area contributed by atoms with Gasteiger partial charge in [0, 0.05) is 6.42 Å². The standard InChI is InChI=1S/C9H10O2/c1-7-8(3-2-6-10)4-5-9(7)11/h2-3,6H,4-5H2,1H3/b3-2-. The average Bonchev–Trinajstić information content (AvgIpc) is 2.31. The van der Waals surface area contributed by atoms with Gasteiger partial charge in [-0.05, 0) is 30.6 Å². The van der Waals surface area contributed by atoms with E-state index in [-0.39, 0.29) is 5.78 Å². The fraction of sp³-hybridized carbons (Fsp3) is 0.333. The SMILES string of the molecule is CC1=C(/C=C\C=O)CCC1=O. The fourth-order valence-corrected chi connectivity index (χ4v) is 1.17. The van der Waals surface area contributed by atoms with Gasteiger partial charge in [0.05, 0.1) is 0 Å². The average molecular weight is 150 g/mol. The molecular formula is C9H10O2. The third-order valence-electron chi connectivity index (χ3n) is 1.90. The van der Waals surface area contributed by atoms with Crippen molar-refractivity contribution in [3.05, 3.63) is 23.3 Å². The molecule has 0 amide bonds. The second kappa shape index (κ2) is 3.28. The number of Topliss-reactive ketones (excluding diaryl/α,β-unsaturated/α-hetero) is 1. The quantitative estimate of drug-likeness (QED) is 0.440. The monoisotopic (exact) mass is 150 g/mol. The zero-order chi connectivity index (χ0) is 8.27. The fourth-order valence-electron chi connectivity index (χ4n) is 1.17. The molecule has 1 aliphatic carbocycles. The van der Waals surface area contributed by atoms with Gasteiger partial charge in [-0.3, -0.25) is 9.59 Å². The molecule has 0 radical (unpaired) electrons. The van der Waals surface area contributed by atoms with Crippen LogP contribution in [-0.4, -0.2) is 12.1 Å². The maximum absolute atomic E-state index is 11.0. The predicted octanol–water partition coefficient (Wildman–Crippen LogP) is 1.42. The molecule has 0 aromatic heterocycles. The molecule has 0 aromatic rings. The minimum absolute atomic E-state index is 0.204. The first-order valence-corrected chi connectivity index (χ1v) is 3.60. The Labute approximate surface area is 65.6 Å². The number of hydrogen-bond acceptors (Lipinski definition) is 2. The summed E-state index contributed by atoms with van der Waals surface area (Å²) in [5, 5.41) is 0. The molecule has 0 atom stereocenters. The molecule has 0 fully saturated rings. The minimum atomic E-state index is 0.204. The molecule has 11 heavy (non-hydrogen) atoms. The maximum Gasteiger partial charge on any atom is 0.159 e. The van der Waals surface area contributed by atoms with E-state index in [2.05, 4.69) is 0 Å². The molecule has 0 saturated carbocycles. The number of hydrogen-bond donors (Lipinski definition) is 0. The Kier molecular flexibility index (Phi) is 2.36. The molecule has 0 aromatic carbocycles. The zero-order valence-corrected chi connectivity index (χ0v) is 6.46. The van der Waals surface area contributed by atoms with Crippen LogP contribution >= 0.6 is 0 Å². The molecule has 0 aliphatic heterocycles. The van der Waals surface area contributed by atoms with Gasteiger partial charge in [-0.1, -0.05) is 6.08 Å². The van der Waals surface area contributed by atoms with E-state index in [1.54, 1.807) is 13.0 Å². The van der Waals surface area contributed by atoms with Crippen molar-refractivity contribution < 1.29 is 9.59 Å². The van der Waals surface area contributed by atoms with Crippen LogP contribution in [0.3, 0.4) is 0 Å². The Morgan fingerprint density at radius 3 is 2.55 bits per heavy atom. The molecule has 0 spiro atoms. The van der Waals surface area contributed by atoms with Crippen molar-refractivity contribution in [1.29, 1.82) is 0 Å². The summed E-state index contributed by atoms with van der Waals surface area (Å²) in [6, 6.07) is 0. The highest BCUT2D eigenvalue weighted by atomic mass is 16.1. The largest absolute Gasteiger partial charge is 0.299 e. The first-order valence-electron chi connectivity index (χ1n) is 3.60. The highest BCUT2D eigenvalue weighted by Crippen LogP contribution is 2.22. The molecule has 0 unspecified atom stereocenters. The van der Waals surface area contributed by atoms with Gasteiger partial charge in [-0.2, -0.15) is 0 Å². The highest BCUT2D eigenvalue weighted by molar-refractivity contribution is 5.98. The maximum atomic E-state index is 11.0. The van der Waals surface area contributed by atoms with Crippen molar-refractivity contribution in [2.75, 3.05) is 0 Å². The van der Waals surface area contributed by atoms with Gasteiger partial charge < -0.3 is 0 Å². The summed E-state index contributed by atoms with van der Waals surface area (Å²) in [5.74, 6) is 0.204. The number of rotatable bonds is 2. The van der Waals surface area contributed by atoms with Crippen molar-refractivity contribution in [1.82, 2.24) is 0 Å². The number of carbonyl (C=O) groups is 2. The first kappa shape index (κ1) is 7.92. The summed E-state index contributed by atoms with van der Waals surface area (Å²) >= 11 is 0. The van der Waals surface area contributed by atoms with Crippen molar-refractivity contribution >= 4 is 12.1 Å². The summed E-state index contributed by atoms with van der Waals surface area (Å²) in [6.07, 6.45) is 5.26. The van der Waals surface area contributed by atoms with Gasteiger partial charge in [0.15, 0.2) is 5.78 Å². The molecular weight excluding hydrogens is 140 g/mol. The second-order valence-corrected chi connectivity index (χ2v) is 2.57. The van der Waals surface area contributed by atoms with E-state index < -0.39 is 0 Å². The number of carbonyl (C=O) groups excluding carboxylic acids is 2. The first-order chi connectivity index (χ1) is 5.25. The van der Waals surface area contributed by atoms with E-state index in [9.17, 15) is 9.59 Å². The van der Waals surface area contributed by atoms with Crippen LogP contribution in [-0.2, 0) is 9.59 Å². The highest BCUT2D eigenvalue weighted by Gasteiger charge is 2.16. The lowest BCUT2D eigenvalue weighted by Crippen LogP contribution is -1.89. The zero-order valence-electron chi connectivity index (χ0n) is 6.46. The van der Waals surface area contributed by atoms with Crippen LogP contribution in [0.1, 0.15) is 19.8 Å². The van der Waals surface area contributed by atoms with Crippen LogP contribution in [0.5, 0.6) is 0 Å². The Morgan fingerprint density at radius 1 is 1.36 bits per heavy atom. The van der Waals surface area contributed by atoms with Gasteiger partial charge in [0.2, 0.25) is 0 Å². The molecule has 0 heterocycles. The lowest BCUT2D eigenvalue weighted by molar-refractivity contribution is -0.114. The molecule has 1 rings (SSSR count). The third kappa shape index (κ3) is 1.64. The number of aldehydes is 1. The lowest BCUT2D eigenvalue weighted by Gasteiger charge is -1.90. The van der Waals surface area contributed by atoms with Crippen molar-refractivity contribution in [2.24, 2.45) is 0 Å². The Morgan fingerprint density at radius 2 is 2.09 bits per heavy atom. The van der Waals surface area contributed by atoms with Crippen LogP contribution < -0.4 is 0 Å². The molecule has 2 heteroatoms. The summed E-state index contributed by atoms with van der Waals surface area (Å²) in [4.78, 5) is 20.9. The Bertz CT molecular complexity index is 246. The van der Waals surface area contributed by atoms with Crippen LogP contribution in [0.15, 0.2) is 23.3 Å². The van der Waals surface area contributed by atoms with Gasteiger partial charge in [-0.25, -0.2) is 0 Å². The number of allylic oxidation sites excluding steroid dienone is 4. The minimum Gasteiger partial charge on any atom is -0.299 e. The van der Waals surface area contributed by atoms with Crippen LogP contribution in [0.4, 0.5) is 0 Å². The van der Waals surface area contributed by atoms with Gasteiger partial charge in [-0.15, -0.1) is 0 Å². The van der Waals surface area contributed by atoms with Crippen molar-refractivity contribution in [3.63, 3.8) is 0 Å². The van der Waals surface area contributed by atoms with E-state index in [0.29, 0.717) is 6.42 Å². The molecule has 58 valence electrons. The van der Waals surface area contributed by atoms with Crippen LogP contribution in [0.2, 0.25) is 0 Å². The summed E-state index contributed by atoms with van der Waals surface area (Å²) in [7, 11) is 0. The summed E-state index contributed by atoms with van der Waals surface area (Å²) in [5.41, 5.74) is 1.81. The molecule has 0 N–H and O–H groups in total. The normalized spacial score (nSPS) is 18.5. The Balaban J connectivity index is 2.79. The van der Waals surface area contributed by atoms with Crippen molar-refractivity contribution in [3.8, 4) is 0 Å². The van der Waals surface area contributed by atoms with Gasteiger partial charge in [0.1, 0.15) is 6.29 Å². The predicted molar refractivity (Wildman–Crippen MR) is 42.1 cm³/mol. The number of ketones is 1. The van der Waals surface area contributed by atoms with Crippen LogP contribution in [0.25, 0.3) is 0 Å². The summed E-state index contributed by atoms with van der Waals surface area (Å²) in [6.45, 7) is 1.81. The summed E-state index contributed by atoms with van der Waals surface area (Å²) < 4.78 is 0. The van der Waals surface area contributed by atoms with E-state index >= 15 is 0 Å². The van der Waals surface area contributed by atoms with E-state index in [1.165, 1.54) is 6.08 Å². The second-order valence-electron chi connectivity index (χ2n) is 2.57. The molecule has 1 aliphatic rings. The van der Waals surface area contributed by atoms with Gasteiger partial charge in [0.25, 0.3) is 0 Å². The van der Waals surface area contributed by atoms with E-state index in [4.69, 9.17) is 0 Å². The smallest absolute Gasteiger partial charge is 0.159 e. The Hall–Kier alpha value is -1.18. The molecule has 0 saturated heterocycles. The van der Waals surface area contributed by atoms with Crippen molar-refractivity contribution in [2.45, 2.75) is 19.8 Å². The van der Waals surface area contributed by atoms with Crippen LogP contribution in [0, 0.1) is 0 Å².